The molecule has 0 saturated carbocycles. The molecule has 0 aliphatic carbocycles. The summed E-state index contributed by atoms with van der Waals surface area (Å²) in [5.74, 6) is -0.684. The maximum atomic E-state index is 12.6. The Kier molecular flexibility index (Phi) is 6.77. The van der Waals surface area contributed by atoms with Crippen molar-refractivity contribution in [3.63, 3.8) is 0 Å². The monoisotopic (exact) mass is 585 g/mol. The molecule has 9 heteroatoms. The Hall–Kier alpha value is -3.17. The van der Waals surface area contributed by atoms with Gasteiger partial charge in [-0.25, -0.2) is 10.2 Å². The molecule has 34 heavy (non-hydrogen) atoms. The van der Waals surface area contributed by atoms with Crippen LogP contribution in [0.4, 0.5) is 0 Å². The standard InChI is InChI=1S/C25H21Br2N3O4/c1-13-5-6-16(25(32)33-4)9-21(13)30-14(2)7-18(15(30)3)12-28-29-24(31)22-10-17-8-19(26)11-20(27)23(17)34-22/h5-12H,1-4H3,(H,29,31)/b28-12-. The number of halogens is 2. The molecule has 0 bridgehead atoms. The van der Waals surface area contributed by atoms with Crippen LogP contribution >= 0.6 is 31.9 Å². The topological polar surface area (TPSA) is 85.8 Å². The second kappa shape index (κ2) is 9.60. The number of nitrogens with zero attached hydrogens (tertiary/aromatic N) is 2. The number of aromatic nitrogens is 1. The highest BCUT2D eigenvalue weighted by molar-refractivity contribution is 9.11. The first-order valence-corrected chi connectivity index (χ1v) is 11.9. The number of benzene rings is 2. The molecule has 0 fully saturated rings. The second-order valence-corrected chi connectivity index (χ2v) is 9.54. The second-order valence-electron chi connectivity index (χ2n) is 7.77. The Morgan fingerprint density at radius 1 is 1.09 bits per heavy atom. The van der Waals surface area contributed by atoms with E-state index in [1.54, 1.807) is 18.3 Å². The minimum atomic E-state index is -0.453. The molecular formula is C25H21Br2N3O4. The van der Waals surface area contributed by atoms with Crippen molar-refractivity contribution in [3.05, 3.63) is 85.2 Å². The fourth-order valence-electron chi connectivity index (χ4n) is 3.79. The predicted octanol–water partition coefficient (Wildman–Crippen LogP) is 6.22. The molecular weight excluding hydrogens is 566 g/mol. The molecule has 0 unspecified atom stereocenters. The predicted molar refractivity (Wildman–Crippen MR) is 138 cm³/mol. The normalized spacial score (nSPS) is 11.4. The molecule has 4 aromatic rings. The number of ether oxygens (including phenoxy) is 1. The third-order valence-electron chi connectivity index (χ3n) is 5.47. The smallest absolute Gasteiger partial charge is 0.337 e. The molecule has 0 aliphatic rings. The van der Waals surface area contributed by atoms with E-state index < -0.39 is 11.9 Å². The van der Waals surface area contributed by atoms with Crippen LogP contribution in [0.3, 0.4) is 0 Å². The molecule has 2 aromatic heterocycles. The Bertz CT molecular complexity index is 1470. The Morgan fingerprint density at radius 3 is 2.59 bits per heavy atom. The molecule has 2 heterocycles. The molecule has 1 amide bonds. The number of nitrogens with one attached hydrogen (secondary N) is 1. The zero-order valence-electron chi connectivity index (χ0n) is 18.9. The van der Waals surface area contributed by atoms with E-state index in [4.69, 9.17) is 9.15 Å². The van der Waals surface area contributed by atoms with E-state index in [-0.39, 0.29) is 5.76 Å². The lowest BCUT2D eigenvalue weighted by Crippen LogP contribution is -2.16. The van der Waals surface area contributed by atoms with Crippen molar-refractivity contribution in [2.45, 2.75) is 20.8 Å². The summed E-state index contributed by atoms with van der Waals surface area (Å²) in [7, 11) is 1.36. The lowest BCUT2D eigenvalue weighted by Gasteiger charge is -2.14. The van der Waals surface area contributed by atoms with Gasteiger partial charge in [0.1, 0.15) is 5.58 Å². The van der Waals surface area contributed by atoms with Crippen molar-refractivity contribution in [3.8, 4) is 5.69 Å². The summed E-state index contributed by atoms with van der Waals surface area (Å²) in [5, 5.41) is 4.92. The van der Waals surface area contributed by atoms with Gasteiger partial charge >= 0.3 is 11.9 Å². The third-order valence-corrected chi connectivity index (χ3v) is 6.52. The molecule has 0 spiro atoms. The number of hydrogen-bond acceptors (Lipinski definition) is 5. The van der Waals surface area contributed by atoms with Gasteiger partial charge in [-0.2, -0.15) is 5.10 Å². The highest BCUT2D eigenvalue weighted by atomic mass is 79.9. The van der Waals surface area contributed by atoms with Crippen LogP contribution in [-0.4, -0.2) is 29.8 Å². The van der Waals surface area contributed by atoms with Crippen molar-refractivity contribution < 1.29 is 18.7 Å². The molecule has 4 rings (SSSR count). The number of amides is 1. The molecule has 0 atom stereocenters. The number of esters is 1. The van der Waals surface area contributed by atoms with Crippen LogP contribution in [0, 0.1) is 20.8 Å². The number of fused-ring (bicyclic) bond motifs is 1. The average molecular weight is 587 g/mol. The van der Waals surface area contributed by atoms with Gasteiger partial charge in [-0.15, -0.1) is 0 Å². The Balaban J connectivity index is 1.58. The van der Waals surface area contributed by atoms with Crippen molar-refractivity contribution in [1.29, 1.82) is 0 Å². The summed E-state index contributed by atoms with van der Waals surface area (Å²) in [6, 6.07) is 12.8. The SMILES string of the molecule is COC(=O)c1ccc(C)c(-n2c(C)cc(/C=N\NC(=O)c3cc4cc(Br)cc(Br)c4o3)c2C)c1. The van der Waals surface area contributed by atoms with Gasteiger partial charge in [-0.05, 0) is 78.7 Å². The van der Waals surface area contributed by atoms with Gasteiger partial charge < -0.3 is 13.7 Å². The summed E-state index contributed by atoms with van der Waals surface area (Å²) in [6.45, 7) is 5.90. The Labute approximate surface area is 213 Å². The average Bonchev–Trinajstić information content (AvgIpc) is 3.34. The molecule has 1 N–H and O–H groups in total. The first-order chi connectivity index (χ1) is 16.2. The quantitative estimate of drug-likeness (QED) is 0.171. The minimum Gasteiger partial charge on any atom is -0.465 e. The van der Waals surface area contributed by atoms with E-state index in [0.717, 1.165) is 42.5 Å². The van der Waals surface area contributed by atoms with E-state index in [1.807, 2.05) is 55.7 Å². The van der Waals surface area contributed by atoms with E-state index in [2.05, 4.69) is 42.4 Å². The van der Waals surface area contributed by atoms with Gasteiger partial charge in [0.15, 0.2) is 5.76 Å². The van der Waals surface area contributed by atoms with Gasteiger partial charge in [-0.1, -0.05) is 22.0 Å². The largest absolute Gasteiger partial charge is 0.465 e. The number of methoxy groups -OCH3 is 1. The number of furan rings is 1. The maximum absolute atomic E-state index is 12.6. The lowest BCUT2D eigenvalue weighted by atomic mass is 10.1. The fourth-order valence-corrected chi connectivity index (χ4v) is 5.13. The number of carbonyl (C=O) groups excluding carboxylic acids is 2. The van der Waals surface area contributed by atoms with Crippen LogP contribution < -0.4 is 5.43 Å². The van der Waals surface area contributed by atoms with Gasteiger partial charge in [-0.3, -0.25) is 4.79 Å². The molecule has 7 nitrogen and oxygen atoms in total. The molecule has 2 aromatic carbocycles. The molecule has 174 valence electrons. The van der Waals surface area contributed by atoms with Gasteiger partial charge in [0.2, 0.25) is 0 Å². The van der Waals surface area contributed by atoms with Gasteiger partial charge in [0.25, 0.3) is 0 Å². The zero-order chi connectivity index (χ0) is 24.6. The third kappa shape index (κ3) is 4.58. The minimum absolute atomic E-state index is 0.159. The Morgan fingerprint density at radius 2 is 1.85 bits per heavy atom. The van der Waals surface area contributed by atoms with Crippen LogP contribution in [0.1, 0.15) is 43.4 Å². The van der Waals surface area contributed by atoms with Crippen LogP contribution in [0.2, 0.25) is 0 Å². The maximum Gasteiger partial charge on any atom is 0.337 e. The van der Waals surface area contributed by atoms with E-state index in [1.165, 1.54) is 7.11 Å². The highest BCUT2D eigenvalue weighted by Gasteiger charge is 2.16. The van der Waals surface area contributed by atoms with Crippen LogP contribution in [0.15, 0.2) is 60.9 Å². The zero-order valence-corrected chi connectivity index (χ0v) is 22.1. The van der Waals surface area contributed by atoms with E-state index in [9.17, 15) is 9.59 Å². The van der Waals surface area contributed by atoms with Crippen molar-refractivity contribution in [2.75, 3.05) is 7.11 Å². The molecule has 0 aliphatic heterocycles. The number of rotatable bonds is 5. The number of aryl methyl sites for hydroxylation is 2. The highest BCUT2D eigenvalue weighted by Crippen LogP contribution is 2.31. The van der Waals surface area contributed by atoms with E-state index >= 15 is 0 Å². The van der Waals surface area contributed by atoms with Crippen LogP contribution in [-0.2, 0) is 4.74 Å². The summed E-state index contributed by atoms with van der Waals surface area (Å²) in [6.07, 6.45) is 1.59. The van der Waals surface area contributed by atoms with Gasteiger partial charge in [0, 0.05) is 32.5 Å². The number of hydrazone groups is 1. The molecule has 0 saturated heterocycles. The van der Waals surface area contributed by atoms with Crippen LogP contribution in [0.25, 0.3) is 16.7 Å². The lowest BCUT2D eigenvalue weighted by molar-refractivity contribution is 0.0600. The summed E-state index contributed by atoms with van der Waals surface area (Å²) in [5.41, 5.74) is 8.17. The van der Waals surface area contributed by atoms with Crippen molar-refractivity contribution in [2.24, 2.45) is 5.10 Å². The summed E-state index contributed by atoms with van der Waals surface area (Å²) >= 11 is 6.87. The molecule has 0 radical (unpaired) electrons. The summed E-state index contributed by atoms with van der Waals surface area (Å²) < 4.78 is 14.2. The number of carbonyl (C=O) groups is 2. The summed E-state index contributed by atoms with van der Waals surface area (Å²) in [4.78, 5) is 24.6. The van der Waals surface area contributed by atoms with Crippen molar-refractivity contribution in [1.82, 2.24) is 9.99 Å². The fraction of sp³-hybridized carbons (Fsp3) is 0.160. The van der Waals surface area contributed by atoms with Gasteiger partial charge in [0.05, 0.1) is 23.4 Å². The first-order valence-electron chi connectivity index (χ1n) is 10.3. The first kappa shape index (κ1) is 24.0. The number of hydrogen-bond donors (Lipinski definition) is 1. The van der Waals surface area contributed by atoms with E-state index in [0.29, 0.717) is 11.1 Å². The van der Waals surface area contributed by atoms with Crippen LogP contribution in [0.5, 0.6) is 0 Å². The van der Waals surface area contributed by atoms with Crippen molar-refractivity contribution >= 4 is 60.9 Å².